The number of carbonyl (C=O) groups is 1. The summed E-state index contributed by atoms with van der Waals surface area (Å²) in [6.07, 6.45) is 1.74. The number of ether oxygens (including phenoxy) is 2. The minimum Gasteiger partial charge on any atom is -0.496 e. The van der Waals surface area contributed by atoms with Crippen molar-refractivity contribution in [2.45, 2.75) is 26.7 Å². The number of hydrogen-bond acceptors (Lipinski definition) is 6. The van der Waals surface area contributed by atoms with Gasteiger partial charge in [0, 0.05) is 11.8 Å². The van der Waals surface area contributed by atoms with Gasteiger partial charge in [-0.2, -0.15) is 0 Å². The van der Waals surface area contributed by atoms with Crippen LogP contribution >= 0.6 is 11.6 Å². The number of hydrogen-bond donors (Lipinski definition) is 1. The third kappa shape index (κ3) is 5.13. The molecular weight excluding hydrogens is 493 g/mol. The molecule has 4 aromatic rings. The van der Waals surface area contributed by atoms with Crippen LogP contribution in [0.1, 0.15) is 41.3 Å². The number of benzene rings is 2. The fourth-order valence-corrected chi connectivity index (χ4v) is 4.43. The van der Waals surface area contributed by atoms with Crippen LogP contribution in [0.4, 0.5) is 15.9 Å². The Bertz CT molecular complexity index is 1470. The molecule has 0 radical (unpaired) electrons. The van der Waals surface area contributed by atoms with Crippen molar-refractivity contribution in [3.8, 4) is 28.3 Å². The molecule has 0 aliphatic carbocycles. The molecule has 0 saturated carbocycles. The Balaban J connectivity index is 1.95. The van der Waals surface area contributed by atoms with Crippen LogP contribution in [0.5, 0.6) is 5.75 Å². The van der Waals surface area contributed by atoms with Crippen molar-refractivity contribution in [3.63, 3.8) is 0 Å². The average molecular weight is 520 g/mol. The van der Waals surface area contributed by atoms with Crippen LogP contribution in [0.15, 0.2) is 60.8 Å². The van der Waals surface area contributed by atoms with E-state index in [-0.39, 0.29) is 39.3 Å². The second-order valence-corrected chi connectivity index (χ2v) is 9.15. The van der Waals surface area contributed by atoms with E-state index < -0.39 is 11.8 Å². The Morgan fingerprint density at radius 1 is 1.05 bits per heavy atom. The number of halogens is 2. The smallest absolute Gasteiger partial charge is 0.341 e. The number of aromatic nitrogens is 2. The standard InChI is InChI=1S/C29H27ClFN3O3/c1-16(2)18-9-6-7-10-19(18)26-25(17(3)13-14-32-26)33-28-20(29(35)37-5)15-21(30)27(34-28)24-22(31)11-8-12-23(24)36-4/h6-16H,1-5H3,(H,33,34). The number of carbonyl (C=O) groups excluding carboxylic acids is 1. The summed E-state index contributed by atoms with van der Waals surface area (Å²) in [7, 11) is 2.71. The first-order chi connectivity index (χ1) is 17.8. The number of anilines is 2. The lowest BCUT2D eigenvalue weighted by atomic mass is 9.93. The van der Waals surface area contributed by atoms with Gasteiger partial charge in [0.05, 0.1) is 41.9 Å². The first kappa shape index (κ1) is 26.1. The van der Waals surface area contributed by atoms with Crippen LogP contribution in [0.2, 0.25) is 5.02 Å². The lowest BCUT2D eigenvalue weighted by Crippen LogP contribution is -2.10. The number of nitrogens with one attached hydrogen (secondary N) is 1. The van der Waals surface area contributed by atoms with Crippen molar-refractivity contribution in [1.29, 1.82) is 0 Å². The van der Waals surface area contributed by atoms with Gasteiger partial charge in [0.1, 0.15) is 22.9 Å². The summed E-state index contributed by atoms with van der Waals surface area (Å²) in [5.41, 5.74) is 4.61. The van der Waals surface area contributed by atoms with Gasteiger partial charge in [0.15, 0.2) is 0 Å². The molecule has 8 heteroatoms. The number of aryl methyl sites for hydroxylation is 1. The summed E-state index contributed by atoms with van der Waals surface area (Å²) in [4.78, 5) is 22.0. The second kappa shape index (κ2) is 11.0. The average Bonchev–Trinajstić information content (AvgIpc) is 2.90. The number of pyridine rings is 2. The molecule has 0 bridgehead atoms. The Morgan fingerprint density at radius 2 is 1.81 bits per heavy atom. The first-order valence-electron chi connectivity index (χ1n) is 11.7. The minimum atomic E-state index is -0.644. The molecule has 0 aliphatic heterocycles. The number of rotatable bonds is 7. The van der Waals surface area contributed by atoms with Gasteiger partial charge in [0.2, 0.25) is 0 Å². The van der Waals surface area contributed by atoms with Crippen molar-refractivity contribution in [2.75, 3.05) is 19.5 Å². The van der Waals surface area contributed by atoms with Gasteiger partial charge >= 0.3 is 5.97 Å². The normalized spacial score (nSPS) is 10.9. The van der Waals surface area contributed by atoms with E-state index in [2.05, 4.69) is 35.2 Å². The maximum absolute atomic E-state index is 15.0. The molecule has 4 rings (SSSR count). The largest absolute Gasteiger partial charge is 0.496 e. The predicted molar refractivity (Wildman–Crippen MR) is 144 cm³/mol. The van der Waals surface area contributed by atoms with Crippen LogP contribution < -0.4 is 10.1 Å². The maximum Gasteiger partial charge on any atom is 0.341 e. The highest BCUT2D eigenvalue weighted by Gasteiger charge is 2.24. The van der Waals surface area contributed by atoms with Gasteiger partial charge in [-0.1, -0.05) is 55.8 Å². The van der Waals surface area contributed by atoms with E-state index in [9.17, 15) is 9.18 Å². The molecule has 0 aliphatic rings. The zero-order valence-electron chi connectivity index (χ0n) is 21.2. The fraction of sp³-hybridized carbons (Fsp3) is 0.207. The van der Waals surface area contributed by atoms with Gasteiger partial charge in [-0.25, -0.2) is 14.2 Å². The highest BCUT2D eigenvalue weighted by atomic mass is 35.5. The quantitative estimate of drug-likeness (QED) is 0.254. The van der Waals surface area contributed by atoms with E-state index in [0.717, 1.165) is 16.7 Å². The van der Waals surface area contributed by atoms with E-state index in [1.165, 1.54) is 32.4 Å². The van der Waals surface area contributed by atoms with Crippen LogP contribution in [0.25, 0.3) is 22.5 Å². The van der Waals surface area contributed by atoms with Crippen molar-refractivity contribution in [2.24, 2.45) is 0 Å². The van der Waals surface area contributed by atoms with Crippen molar-refractivity contribution in [1.82, 2.24) is 9.97 Å². The van der Waals surface area contributed by atoms with Crippen LogP contribution in [-0.2, 0) is 4.74 Å². The first-order valence-corrected chi connectivity index (χ1v) is 12.1. The fourth-order valence-electron chi connectivity index (χ4n) is 4.18. The summed E-state index contributed by atoms with van der Waals surface area (Å²) in [5.74, 6) is -0.541. The van der Waals surface area contributed by atoms with E-state index in [0.29, 0.717) is 11.4 Å². The second-order valence-electron chi connectivity index (χ2n) is 8.74. The summed E-state index contributed by atoms with van der Waals surface area (Å²) in [6, 6.07) is 15.7. The molecule has 0 spiro atoms. The summed E-state index contributed by atoms with van der Waals surface area (Å²) in [6.45, 7) is 6.16. The topological polar surface area (TPSA) is 73.3 Å². The van der Waals surface area contributed by atoms with Crippen molar-refractivity contribution >= 4 is 29.1 Å². The molecule has 6 nitrogen and oxygen atoms in total. The Labute approximate surface area is 220 Å². The predicted octanol–water partition coefficient (Wildman–Crippen LogP) is 7.57. The highest BCUT2D eigenvalue weighted by Crippen LogP contribution is 2.40. The van der Waals surface area contributed by atoms with E-state index in [4.69, 9.17) is 21.1 Å². The molecule has 0 fully saturated rings. The number of esters is 1. The summed E-state index contributed by atoms with van der Waals surface area (Å²) in [5, 5.41) is 3.36. The molecular formula is C29H27ClFN3O3. The van der Waals surface area contributed by atoms with Crippen molar-refractivity contribution in [3.05, 3.63) is 88.3 Å². The SMILES string of the molecule is COC(=O)c1cc(Cl)c(-c2c(F)cccc2OC)nc1Nc1c(C)ccnc1-c1ccccc1C(C)C. The molecule has 0 atom stereocenters. The molecule has 2 aromatic heterocycles. The molecule has 1 N–H and O–H groups in total. The van der Waals surface area contributed by atoms with E-state index >= 15 is 0 Å². The molecule has 190 valence electrons. The van der Waals surface area contributed by atoms with Gasteiger partial charge < -0.3 is 14.8 Å². The minimum absolute atomic E-state index is 0.0719. The number of methoxy groups -OCH3 is 2. The summed E-state index contributed by atoms with van der Waals surface area (Å²) < 4.78 is 25.3. The summed E-state index contributed by atoms with van der Waals surface area (Å²) >= 11 is 6.52. The third-order valence-corrected chi connectivity index (χ3v) is 6.34. The van der Waals surface area contributed by atoms with Gasteiger partial charge in [-0.3, -0.25) is 4.98 Å². The van der Waals surface area contributed by atoms with Crippen LogP contribution in [0, 0.1) is 12.7 Å². The third-order valence-electron chi connectivity index (χ3n) is 6.05. The molecule has 0 unspecified atom stereocenters. The molecule has 0 saturated heterocycles. The Kier molecular flexibility index (Phi) is 7.74. The lowest BCUT2D eigenvalue weighted by Gasteiger charge is -2.20. The van der Waals surface area contributed by atoms with Crippen molar-refractivity contribution < 1.29 is 18.7 Å². The Morgan fingerprint density at radius 3 is 2.51 bits per heavy atom. The zero-order valence-corrected chi connectivity index (χ0v) is 22.0. The molecule has 0 amide bonds. The molecule has 2 aromatic carbocycles. The van der Waals surface area contributed by atoms with Gasteiger partial charge in [0.25, 0.3) is 0 Å². The zero-order chi connectivity index (χ0) is 26.7. The lowest BCUT2D eigenvalue weighted by molar-refractivity contribution is 0.0601. The van der Waals surface area contributed by atoms with Crippen LogP contribution in [0.3, 0.4) is 0 Å². The van der Waals surface area contributed by atoms with E-state index in [1.807, 2.05) is 31.2 Å². The maximum atomic E-state index is 15.0. The van der Waals surface area contributed by atoms with Gasteiger partial charge in [-0.05, 0) is 48.2 Å². The van der Waals surface area contributed by atoms with Crippen LogP contribution in [-0.4, -0.2) is 30.2 Å². The van der Waals surface area contributed by atoms with Gasteiger partial charge in [-0.15, -0.1) is 0 Å². The Hall–Kier alpha value is -3.97. The molecule has 2 heterocycles. The molecule has 37 heavy (non-hydrogen) atoms. The van der Waals surface area contributed by atoms with E-state index in [1.54, 1.807) is 12.3 Å². The highest BCUT2D eigenvalue weighted by molar-refractivity contribution is 6.33. The number of nitrogens with zero attached hydrogens (tertiary/aromatic N) is 2. The monoisotopic (exact) mass is 519 g/mol.